The number of nitrogens with one attached hydrogen (secondary N) is 1. The van der Waals surface area contributed by atoms with Crippen molar-refractivity contribution in [1.82, 2.24) is 10.3 Å². The van der Waals surface area contributed by atoms with Gasteiger partial charge in [0.1, 0.15) is 6.61 Å². The Labute approximate surface area is 121 Å². The number of carbonyl (C=O) groups is 2. The van der Waals surface area contributed by atoms with E-state index >= 15 is 0 Å². The van der Waals surface area contributed by atoms with Gasteiger partial charge < -0.3 is 15.2 Å². The van der Waals surface area contributed by atoms with Crippen molar-refractivity contribution in [2.45, 2.75) is 13.2 Å². The van der Waals surface area contributed by atoms with Crippen LogP contribution in [0.15, 0.2) is 48.8 Å². The lowest BCUT2D eigenvalue weighted by atomic mass is 10.1. The number of hydrogen-bond acceptors (Lipinski definition) is 4. The van der Waals surface area contributed by atoms with Gasteiger partial charge in [0.15, 0.2) is 0 Å². The predicted octanol–water partition coefficient (Wildman–Crippen LogP) is 2.21. The van der Waals surface area contributed by atoms with Gasteiger partial charge in [-0.25, -0.2) is 9.59 Å². The smallest absolute Gasteiger partial charge is 0.407 e. The van der Waals surface area contributed by atoms with E-state index in [9.17, 15) is 9.59 Å². The number of aromatic carboxylic acids is 1. The number of nitrogens with zero attached hydrogens (tertiary/aromatic N) is 1. The van der Waals surface area contributed by atoms with Crippen LogP contribution in [0, 0.1) is 0 Å². The highest BCUT2D eigenvalue weighted by Gasteiger charge is 2.05. The number of hydrogen-bond donors (Lipinski definition) is 2. The van der Waals surface area contributed by atoms with Crippen molar-refractivity contribution in [2.75, 3.05) is 0 Å². The second kappa shape index (κ2) is 7.04. The van der Waals surface area contributed by atoms with Gasteiger partial charge in [0.25, 0.3) is 0 Å². The number of ether oxygens (including phenoxy) is 1. The third-order valence-corrected chi connectivity index (χ3v) is 2.73. The quantitative estimate of drug-likeness (QED) is 0.879. The minimum atomic E-state index is -0.989. The number of carboxylic acid groups (broad SMARTS) is 1. The van der Waals surface area contributed by atoms with Gasteiger partial charge in [0.2, 0.25) is 0 Å². The second-order valence-electron chi connectivity index (χ2n) is 4.29. The fourth-order valence-electron chi connectivity index (χ4n) is 1.62. The van der Waals surface area contributed by atoms with Crippen LogP contribution >= 0.6 is 0 Å². The van der Waals surface area contributed by atoms with E-state index in [-0.39, 0.29) is 12.2 Å². The van der Waals surface area contributed by atoms with E-state index in [2.05, 4.69) is 10.3 Å². The maximum absolute atomic E-state index is 11.5. The number of carbonyl (C=O) groups excluding carboxylic acids is 1. The molecule has 21 heavy (non-hydrogen) atoms. The normalized spacial score (nSPS) is 9.90. The lowest BCUT2D eigenvalue weighted by molar-refractivity contribution is 0.0696. The number of rotatable bonds is 5. The molecule has 2 rings (SSSR count). The van der Waals surface area contributed by atoms with Gasteiger partial charge in [-0.2, -0.15) is 0 Å². The van der Waals surface area contributed by atoms with E-state index in [0.29, 0.717) is 6.54 Å². The minimum Gasteiger partial charge on any atom is -0.478 e. The third kappa shape index (κ3) is 4.61. The Morgan fingerprint density at radius 2 is 1.90 bits per heavy atom. The Kier molecular flexibility index (Phi) is 4.87. The van der Waals surface area contributed by atoms with E-state index < -0.39 is 12.1 Å². The topological polar surface area (TPSA) is 88.5 Å². The van der Waals surface area contributed by atoms with E-state index in [4.69, 9.17) is 9.84 Å². The van der Waals surface area contributed by atoms with Crippen molar-refractivity contribution in [1.29, 1.82) is 0 Å². The molecule has 0 unspecified atom stereocenters. The zero-order valence-corrected chi connectivity index (χ0v) is 11.2. The zero-order valence-electron chi connectivity index (χ0n) is 11.2. The molecule has 1 aromatic carbocycles. The van der Waals surface area contributed by atoms with Crippen molar-refractivity contribution in [3.05, 3.63) is 65.5 Å². The lowest BCUT2D eigenvalue weighted by Crippen LogP contribution is -2.23. The number of alkyl carbamates (subject to hydrolysis) is 1. The molecule has 0 saturated heterocycles. The summed E-state index contributed by atoms with van der Waals surface area (Å²) in [5, 5.41) is 11.4. The van der Waals surface area contributed by atoms with Gasteiger partial charge in [0, 0.05) is 18.9 Å². The first-order chi connectivity index (χ1) is 10.1. The Morgan fingerprint density at radius 1 is 1.14 bits per heavy atom. The molecule has 1 amide bonds. The van der Waals surface area contributed by atoms with Crippen molar-refractivity contribution in [3.63, 3.8) is 0 Å². The molecule has 0 spiro atoms. The highest BCUT2D eigenvalue weighted by Crippen LogP contribution is 2.06. The average molecular weight is 286 g/mol. The lowest BCUT2D eigenvalue weighted by Gasteiger charge is -2.07. The van der Waals surface area contributed by atoms with E-state index in [0.717, 1.165) is 11.1 Å². The number of amides is 1. The van der Waals surface area contributed by atoms with Crippen LogP contribution in [0.2, 0.25) is 0 Å². The van der Waals surface area contributed by atoms with Gasteiger partial charge in [-0.1, -0.05) is 18.2 Å². The summed E-state index contributed by atoms with van der Waals surface area (Å²) in [5.41, 5.74) is 1.79. The summed E-state index contributed by atoms with van der Waals surface area (Å²) >= 11 is 0. The molecule has 1 heterocycles. The van der Waals surface area contributed by atoms with Crippen LogP contribution in [0.4, 0.5) is 4.79 Å². The first-order valence-corrected chi connectivity index (χ1v) is 6.27. The van der Waals surface area contributed by atoms with E-state index in [1.165, 1.54) is 12.1 Å². The Bertz CT molecular complexity index is 611. The summed E-state index contributed by atoms with van der Waals surface area (Å²) < 4.78 is 5.03. The first kappa shape index (κ1) is 14.5. The molecular formula is C15H14N2O4. The molecule has 1 aromatic heterocycles. The molecule has 108 valence electrons. The number of aromatic nitrogens is 1. The Morgan fingerprint density at radius 3 is 2.52 bits per heavy atom. The number of pyridine rings is 1. The van der Waals surface area contributed by atoms with E-state index in [1.807, 2.05) is 6.07 Å². The summed E-state index contributed by atoms with van der Waals surface area (Å²) in [6, 6.07) is 9.78. The van der Waals surface area contributed by atoms with Gasteiger partial charge in [-0.15, -0.1) is 0 Å². The Balaban J connectivity index is 1.77. The fourth-order valence-corrected chi connectivity index (χ4v) is 1.62. The van der Waals surface area contributed by atoms with Crippen LogP contribution in [0.1, 0.15) is 21.5 Å². The minimum absolute atomic E-state index is 0.0821. The molecule has 2 N–H and O–H groups in total. The summed E-state index contributed by atoms with van der Waals surface area (Å²) in [4.78, 5) is 26.2. The molecule has 0 aliphatic heterocycles. The van der Waals surface area contributed by atoms with Crippen LogP contribution in [0.3, 0.4) is 0 Å². The largest absolute Gasteiger partial charge is 0.478 e. The molecule has 6 heteroatoms. The Hall–Kier alpha value is -2.89. The monoisotopic (exact) mass is 286 g/mol. The third-order valence-electron chi connectivity index (χ3n) is 2.73. The molecule has 0 atom stereocenters. The summed E-state index contributed by atoms with van der Waals surface area (Å²) in [6.45, 7) is 0.420. The van der Waals surface area contributed by atoms with Crippen molar-refractivity contribution in [2.24, 2.45) is 0 Å². The SMILES string of the molecule is O=C(NCc1cccnc1)OCc1ccc(C(=O)O)cc1. The maximum Gasteiger partial charge on any atom is 0.407 e. The number of carboxylic acids is 1. The van der Waals surface area contributed by atoms with Crippen molar-refractivity contribution >= 4 is 12.1 Å². The predicted molar refractivity (Wildman–Crippen MR) is 74.7 cm³/mol. The van der Waals surface area contributed by atoms with Gasteiger partial charge in [0.05, 0.1) is 5.56 Å². The van der Waals surface area contributed by atoms with Gasteiger partial charge in [-0.05, 0) is 29.3 Å². The van der Waals surface area contributed by atoms with Crippen LogP contribution < -0.4 is 5.32 Å². The fraction of sp³-hybridized carbons (Fsp3) is 0.133. The molecule has 0 fully saturated rings. The van der Waals surface area contributed by atoms with Crippen LogP contribution in [0.5, 0.6) is 0 Å². The first-order valence-electron chi connectivity index (χ1n) is 6.27. The summed E-state index contributed by atoms with van der Waals surface area (Å²) in [7, 11) is 0. The van der Waals surface area contributed by atoms with Crippen LogP contribution in [0.25, 0.3) is 0 Å². The highest BCUT2D eigenvalue weighted by molar-refractivity contribution is 5.87. The number of benzene rings is 1. The zero-order chi connectivity index (χ0) is 15.1. The molecule has 2 aromatic rings. The van der Waals surface area contributed by atoms with Crippen LogP contribution in [-0.4, -0.2) is 22.2 Å². The molecular weight excluding hydrogens is 272 g/mol. The van der Waals surface area contributed by atoms with E-state index in [1.54, 1.807) is 30.6 Å². The molecule has 6 nitrogen and oxygen atoms in total. The molecule has 0 saturated carbocycles. The van der Waals surface area contributed by atoms with Crippen molar-refractivity contribution < 1.29 is 19.4 Å². The molecule has 0 aliphatic carbocycles. The molecule has 0 aliphatic rings. The standard InChI is InChI=1S/C15H14N2O4/c18-14(19)13-5-3-11(4-6-13)10-21-15(20)17-9-12-2-1-7-16-8-12/h1-8H,9-10H2,(H,17,20)(H,18,19). The van der Waals surface area contributed by atoms with Gasteiger partial charge >= 0.3 is 12.1 Å². The van der Waals surface area contributed by atoms with Crippen LogP contribution in [-0.2, 0) is 17.9 Å². The summed E-state index contributed by atoms with van der Waals surface area (Å²) in [6.07, 6.45) is 2.77. The second-order valence-corrected chi connectivity index (χ2v) is 4.29. The maximum atomic E-state index is 11.5. The molecule has 0 bridgehead atoms. The van der Waals surface area contributed by atoms with Crippen molar-refractivity contribution in [3.8, 4) is 0 Å². The van der Waals surface area contributed by atoms with Gasteiger partial charge in [-0.3, -0.25) is 4.98 Å². The average Bonchev–Trinajstić information content (AvgIpc) is 2.52. The molecule has 0 radical (unpaired) electrons. The summed E-state index contributed by atoms with van der Waals surface area (Å²) in [5.74, 6) is -0.989. The highest BCUT2D eigenvalue weighted by atomic mass is 16.5.